The van der Waals surface area contributed by atoms with Crippen LogP contribution in [0.4, 0.5) is 30.5 Å². The van der Waals surface area contributed by atoms with Gasteiger partial charge in [-0.05, 0) is 42.8 Å². The summed E-state index contributed by atoms with van der Waals surface area (Å²) in [6.45, 7) is 1.74. The van der Waals surface area contributed by atoms with Gasteiger partial charge in [-0.1, -0.05) is 12.1 Å². The standard InChI is InChI=1S/C19H16F3N5O/c1-12(17(28)27-18-24-8-2-9-25-18)13-3-5-14(6-4-13)26-15-7-10-23-16(11-15)19(20,21)22/h2-12H,1H3,(H,23,26)(H,24,25,27,28). The molecule has 2 aromatic heterocycles. The molecule has 28 heavy (non-hydrogen) atoms. The highest BCUT2D eigenvalue weighted by Crippen LogP contribution is 2.30. The Balaban J connectivity index is 1.67. The topological polar surface area (TPSA) is 79.8 Å². The van der Waals surface area contributed by atoms with Gasteiger partial charge < -0.3 is 5.32 Å². The average Bonchev–Trinajstić information content (AvgIpc) is 2.68. The maximum Gasteiger partial charge on any atom is 0.433 e. The van der Waals surface area contributed by atoms with Crippen LogP contribution in [0.2, 0.25) is 0 Å². The number of alkyl halides is 3. The summed E-state index contributed by atoms with van der Waals surface area (Å²) in [5, 5.41) is 5.52. The van der Waals surface area contributed by atoms with Crippen LogP contribution in [-0.4, -0.2) is 20.9 Å². The van der Waals surface area contributed by atoms with Crippen molar-refractivity contribution in [3.8, 4) is 0 Å². The summed E-state index contributed by atoms with van der Waals surface area (Å²) in [5.74, 6) is -0.512. The molecule has 3 rings (SSSR count). The van der Waals surface area contributed by atoms with Crippen LogP contribution < -0.4 is 10.6 Å². The van der Waals surface area contributed by atoms with Crippen molar-refractivity contribution in [3.63, 3.8) is 0 Å². The van der Waals surface area contributed by atoms with E-state index in [4.69, 9.17) is 0 Å². The van der Waals surface area contributed by atoms with Crippen molar-refractivity contribution in [2.75, 3.05) is 10.6 Å². The van der Waals surface area contributed by atoms with E-state index in [-0.39, 0.29) is 17.5 Å². The first kappa shape index (κ1) is 19.3. The lowest BCUT2D eigenvalue weighted by Gasteiger charge is -2.13. The third-order valence-corrected chi connectivity index (χ3v) is 3.94. The van der Waals surface area contributed by atoms with Gasteiger partial charge in [0.2, 0.25) is 11.9 Å². The first-order chi connectivity index (χ1) is 13.3. The maximum atomic E-state index is 12.7. The molecule has 1 atom stereocenters. The number of rotatable bonds is 5. The smallest absolute Gasteiger partial charge is 0.355 e. The number of carbonyl (C=O) groups is 1. The highest BCUT2D eigenvalue weighted by atomic mass is 19.4. The minimum Gasteiger partial charge on any atom is -0.355 e. The highest BCUT2D eigenvalue weighted by Gasteiger charge is 2.32. The molecule has 0 radical (unpaired) electrons. The minimum absolute atomic E-state index is 0.218. The molecule has 9 heteroatoms. The number of halogens is 3. The van der Waals surface area contributed by atoms with E-state index in [1.54, 1.807) is 37.3 Å². The first-order valence-corrected chi connectivity index (χ1v) is 8.31. The zero-order chi connectivity index (χ0) is 20.1. The molecule has 0 aliphatic heterocycles. The summed E-state index contributed by atoms with van der Waals surface area (Å²) in [7, 11) is 0. The average molecular weight is 387 g/mol. The zero-order valence-electron chi connectivity index (χ0n) is 14.7. The van der Waals surface area contributed by atoms with E-state index in [0.717, 1.165) is 17.8 Å². The minimum atomic E-state index is -4.51. The number of carbonyl (C=O) groups excluding carboxylic acids is 1. The van der Waals surface area contributed by atoms with Gasteiger partial charge in [0.1, 0.15) is 5.69 Å². The van der Waals surface area contributed by atoms with Crippen molar-refractivity contribution in [3.05, 3.63) is 72.3 Å². The number of amides is 1. The normalized spacial score (nSPS) is 12.3. The Morgan fingerprint density at radius 2 is 1.64 bits per heavy atom. The van der Waals surface area contributed by atoms with E-state index >= 15 is 0 Å². The maximum absolute atomic E-state index is 12.7. The SMILES string of the molecule is CC(C(=O)Nc1ncccn1)c1ccc(Nc2ccnc(C(F)(F)F)c2)cc1. The Morgan fingerprint density at radius 3 is 2.29 bits per heavy atom. The Labute approximate surface area is 158 Å². The first-order valence-electron chi connectivity index (χ1n) is 8.31. The molecule has 0 fully saturated rings. The molecule has 0 aliphatic rings. The summed E-state index contributed by atoms with van der Waals surface area (Å²) in [4.78, 5) is 23.5. The lowest BCUT2D eigenvalue weighted by Crippen LogP contribution is -2.20. The van der Waals surface area contributed by atoms with Gasteiger partial charge in [-0.3, -0.25) is 15.1 Å². The Kier molecular flexibility index (Phi) is 5.53. The van der Waals surface area contributed by atoms with E-state index in [1.807, 2.05) is 0 Å². The lowest BCUT2D eigenvalue weighted by atomic mass is 10.00. The molecule has 0 saturated carbocycles. The summed E-state index contributed by atoms with van der Waals surface area (Å²) in [6, 6.07) is 10.8. The van der Waals surface area contributed by atoms with Gasteiger partial charge in [0.05, 0.1) is 5.92 Å². The predicted octanol–water partition coefficient (Wildman–Crippen LogP) is 4.38. The number of aromatic nitrogens is 3. The second-order valence-electron chi connectivity index (χ2n) is 5.96. The fraction of sp³-hybridized carbons (Fsp3) is 0.158. The largest absolute Gasteiger partial charge is 0.433 e. The van der Waals surface area contributed by atoms with Crippen LogP contribution in [0.5, 0.6) is 0 Å². The number of pyridine rings is 1. The molecule has 0 saturated heterocycles. The molecular weight excluding hydrogens is 371 g/mol. The Bertz CT molecular complexity index is 946. The van der Waals surface area contributed by atoms with Gasteiger partial charge in [-0.25, -0.2) is 9.97 Å². The Hall–Kier alpha value is -3.49. The molecule has 1 unspecified atom stereocenters. The second kappa shape index (κ2) is 8.03. The van der Waals surface area contributed by atoms with E-state index in [2.05, 4.69) is 25.6 Å². The van der Waals surface area contributed by atoms with Crippen LogP contribution in [0, 0.1) is 0 Å². The van der Waals surface area contributed by atoms with Crippen molar-refractivity contribution < 1.29 is 18.0 Å². The summed E-state index contributed by atoms with van der Waals surface area (Å²) in [5.41, 5.74) is 0.622. The molecule has 1 aromatic carbocycles. The van der Waals surface area contributed by atoms with Gasteiger partial charge in [0.15, 0.2) is 0 Å². The van der Waals surface area contributed by atoms with Crippen molar-refractivity contribution in [1.82, 2.24) is 15.0 Å². The van der Waals surface area contributed by atoms with E-state index in [1.165, 1.54) is 18.5 Å². The predicted molar refractivity (Wildman–Crippen MR) is 98.0 cm³/mol. The van der Waals surface area contributed by atoms with Crippen LogP contribution in [0.3, 0.4) is 0 Å². The number of hydrogen-bond donors (Lipinski definition) is 2. The lowest BCUT2D eigenvalue weighted by molar-refractivity contribution is -0.141. The molecule has 144 valence electrons. The van der Waals surface area contributed by atoms with Crippen molar-refractivity contribution in [2.24, 2.45) is 0 Å². The third kappa shape index (κ3) is 4.81. The molecule has 0 aliphatic carbocycles. The molecule has 0 bridgehead atoms. The summed E-state index contributed by atoms with van der Waals surface area (Å²) < 4.78 is 38.2. The molecule has 2 N–H and O–H groups in total. The van der Waals surface area contributed by atoms with E-state index in [9.17, 15) is 18.0 Å². The quantitative estimate of drug-likeness (QED) is 0.679. The van der Waals surface area contributed by atoms with E-state index < -0.39 is 17.8 Å². The van der Waals surface area contributed by atoms with Crippen molar-refractivity contribution >= 4 is 23.2 Å². The molecular formula is C19H16F3N5O. The van der Waals surface area contributed by atoms with Crippen molar-refractivity contribution in [2.45, 2.75) is 19.0 Å². The van der Waals surface area contributed by atoms with Gasteiger partial charge >= 0.3 is 6.18 Å². The van der Waals surface area contributed by atoms with Gasteiger partial charge in [-0.2, -0.15) is 13.2 Å². The Morgan fingerprint density at radius 1 is 0.964 bits per heavy atom. The van der Waals surface area contributed by atoms with E-state index in [0.29, 0.717) is 5.69 Å². The monoisotopic (exact) mass is 387 g/mol. The third-order valence-electron chi connectivity index (χ3n) is 3.94. The van der Waals surface area contributed by atoms with Gasteiger partial charge in [0, 0.05) is 30.0 Å². The second-order valence-corrected chi connectivity index (χ2v) is 5.96. The zero-order valence-corrected chi connectivity index (χ0v) is 14.7. The van der Waals surface area contributed by atoms with Crippen LogP contribution in [0.15, 0.2) is 61.1 Å². The molecule has 0 spiro atoms. The van der Waals surface area contributed by atoms with Crippen LogP contribution in [0.25, 0.3) is 0 Å². The number of nitrogens with one attached hydrogen (secondary N) is 2. The number of hydrogen-bond acceptors (Lipinski definition) is 5. The number of anilines is 3. The van der Waals surface area contributed by atoms with Gasteiger partial charge in [-0.15, -0.1) is 0 Å². The molecule has 6 nitrogen and oxygen atoms in total. The molecule has 2 heterocycles. The van der Waals surface area contributed by atoms with Crippen molar-refractivity contribution in [1.29, 1.82) is 0 Å². The number of nitrogens with zero attached hydrogens (tertiary/aromatic N) is 3. The number of benzene rings is 1. The molecule has 3 aromatic rings. The van der Waals surface area contributed by atoms with Gasteiger partial charge in [0.25, 0.3) is 0 Å². The van der Waals surface area contributed by atoms with Crippen LogP contribution >= 0.6 is 0 Å². The highest BCUT2D eigenvalue weighted by molar-refractivity contribution is 5.94. The summed E-state index contributed by atoms with van der Waals surface area (Å²) in [6.07, 6.45) is -0.363. The fourth-order valence-electron chi connectivity index (χ4n) is 2.42. The summed E-state index contributed by atoms with van der Waals surface area (Å²) >= 11 is 0. The van der Waals surface area contributed by atoms with Crippen LogP contribution in [-0.2, 0) is 11.0 Å². The molecule has 1 amide bonds. The fourth-order valence-corrected chi connectivity index (χ4v) is 2.42. The van der Waals surface area contributed by atoms with Crippen LogP contribution in [0.1, 0.15) is 24.1 Å².